The van der Waals surface area contributed by atoms with E-state index in [1.54, 1.807) is 17.6 Å². The molecule has 1 fully saturated rings. The van der Waals surface area contributed by atoms with Gasteiger partial charge < -0.3 is 10.1 Å². The van der Waals surface area contributed by atoms with Crippen LogP contribution in [0.15, 0.2) is 21.4 Å². The topological polar surface area (TPSA) is 58.0 Å². The van der Waals surface area contributed by atoms with Gasteiger partial charge in [0.1, 0.15) is 0 Å². The summed E-state index contributed by atoms with van der Waals surface area (Å²) in [6.45, 7) is 1.78. The number of aromatic nitrogens is 2. The summed E-state index contributed by atoms with van der Waals surface area (Å²) in [4.78, 5) is 14.8. The molecule has 96 valence electrons. The lowest BCUT2D eigenvalue weighted by atomic mass is 9.77. The van der Waals surface area contributed by atoms with Crippen LogP contribution >= 0.6 is 27.5 Å². The fraction of sp³-hybridized carbons (Fsp3) is 0.417. The summed E-state index contributed by atoms with van der Waals surface area (Å²) in [5, 5.41) is 10.3. The van der Waals surface area contributed by atoms with E-state index < -0.39 is 5.60 Å². The van der Waals surface area contributed by atoms with Crippen molar-refractivity contribution in [3.63, 3.8) is 0 Å². The van der Waals surface area contributed by atoms with Crippen LogP contribution in [0.3, 0.4) is 0 Å². The van der Waals surface area contributed by atoms with Crippen LogP contribution in [-0.4, -0.2) is 20.3 Å². The first-order chi connectivity index (χ1) is 8.37. The summed E-state index contributed by atoms with van der Waals surface area (Å²) < 4.78 is 2.48. The van der Waals surface area contributed by atoms with Crippen molar-refractivity contribution in [2.24, 2.45) is 0 Å². The van der Waals surface area contributed by atoms with Gasteiger partial charge in [-0.25, -0.2) is 4.79 Å². The largest absolute Gasteiger partial charge is 0.390 e. The van der Waals surface area contributed by atoms with E-state index in [-0.39, 0.29) is 11.7 Å². The summed E-state index contributed by atoms with van der Waals surface area (Å²) in [7, 11) is 0. The third kappa shape index (κ3) is 1.81. The zero-order valence-electron chi connectivity index (χ0n) is 9.70. The highest BCUT2D eigenvalue weighted by Crippen LogP contribution is 2.42. The molecule has 0 bridgehead atoms. The summed E-state index contributed by atoms with van der Waals surface area (Å²) in [6.07, 6.45) is 1.15. The molecule has 4 nitrogen and oxygen atoms in total. The van der Waals surface area contributed by atoms with E-state index in [0.717, 1.165) is 4.47 Å². The highest BCUT2D eigenvalue weighted by atomic mass is 79.9. The van der Waals surface area contributed by atoms with E-state index >= 15 is 0 Å². The molecule has 1 aliphatic rings. The molecule has 2 N–H and O–H groups in total. The van der Waals surface area contributed by atoms with Crippen molar-refractivity contribution < 1.29 is 5.11 Å². The highest BCUT2D eigenvalue weighted by molar-refractivity contribution is 9.10. The Kier molecular flexibility index (Phi) is 2.63. The van der Waals surface area contributed by atoms with Crippen molar-refractivity contribution in [3.8, 4) is 0 Å². The van der Waals surface area contributed by atoms with Gasteiger partial charge in [-0.3, -0.25) is 4.57 Å². The molecule has 0 atom stereocenters. The van der Waals surface area contributed by atoms with Crippen molar-refractivity contribution in [1.29, 1.82) is 0 Å². The molecule has 0 radical (unpaired) electrons. The van der Waals surface area contributed by atoms with E-state index in [9.17, 15) is 9.90 Å². The third-order valence-electron chi connectivity index (χ3n) is 3.45. The van der Waals surface area contributed by atoms with Gasteiger partial charge in [0.25, 0.3) is 0 Å². The number of rotatable bonds is 1. The van der Waals surface area contributed by atoms with E-state index in [0.29, 0.717) is 28.9 Å². The smallest absolute Gasteiger partial charge is 0.326 e. The van der Waals surface area contributed by atoms with Crippen LogP contribution in [0.4, 0.5) is 0 Å². The molecule has 0 unspecified atom stereocenters. The molecule has 1 heterocycles. The second-order valence-electron chi connectivity index (χ2n) is 5.14. The standard InChI is InChI=1S/C12H12BrClN2O2/c1-12(18)4-7(5-12)16-10-8(14)2-6(13)3-9(10)15-11(16)17/h2-3,7,18H,4-5H2,1H3,(H,15,17). The molecule has 0 saturated heterocycles. The Hall–Kier alpha value is -0.780. The van der Waals surface area contributed by atoms with Gasteiger partial charge in [-0.2, -0.15) is 0 Å². The van der Waals surface area contributed by atoms with Gasteiger partial charge in [0.15, 0.2) is 0 Å². The number of H-pyrrole nitrogens is 1. The first-order valence-electron chi connectivity index (χ1n) is 5.69. The number of aliphatic hydroxyl groups is 1. The lowest BCUT2D eigenvalue weighted by molar-refractivity contribution is -0.0506. The SMILES string of the molecule is CC1(O)CC(n2c(=O)[nH]c3cc(Br)cc(Cl)c32)C1. The van der Waals surface area contributed by atoms with Crippen molar-refractivity contribution in [3.05, 3.63) is 32.1 Å². The number of nitrogens with one attached hydrogen (secondary N) is 1. The van der Waals surface area contributed by atoms with E-state index in [1.807, 2.05) is 6.07 Å². The Labute approximate surface area is 117 Å². The van der Waals surface area contributed by atoms with Crippen LogP contribution in [-0.2, 0) is 0 Å². The maximum absolute atomic E-state index is 12.0. The van der Waals surface area contributed by atoms with E-state index in [1.165, 1.54) is 0 Å². The maximum Gasteiger partial charge on any atom is 0.326 e. The van der Waals surface area contributed by atoms with Crippen LogP contribution < -0.4 is 5.69 Å². The monoisotopic (exact) mass is 330 g/mol. The van der Waals surface area contributed by atoms with Crippen LogP contribution in [0.1, 0.15) is 25.8 Å². The van der Waals surface area contributed by atoms with Gasteiger partial charge in [0.2, 0.25) is 0 Å². The second-order valence-corrected chi connectivity index (χ2v) is 6.47. The molecule has 1 aromatic carbocycles. The lowest BCUT2D eigenvalue weighted by Crippen LogP contribution is -2.44. The van der Waals surface area contributed by atoms with Crippen LogP contribution in [0, 0.1) is 0 Å². The van der Waals surface area contributed by atoms with E-state index in [2.05, 4.69) is 20.9 Å². The summed E-state index contributed by atoms with van der Waals surface area (Å²) in [5.41, 5.74) is 0.581. The lowest BCUT2D eigenvalue weighted by Gasteiger charge is -2.41. The zero-order chi connectivity index (χ0) is 13.1. The predicted molar refractivity (Wildman–Crippen MR) is 74.2 cm³/mol. The first-order valence-corrected chi connectivity index (χ1v) is 6.86. The average Bonchev–Trinajstić information content (AvgIpc) is 2.50. The normalized spacial score (nSPS) is 27.4. The maximum atomic E-state index is 12.0. The molecular formula is C12H12BrClN2O2. The molecule has 1 aliphatic carbocycles. The molecule has 3 rings (SSSR count). The molecule has 6 heteroatoms. The Morgan fingerprint density at radius 2 is 2.22 bits per heavy atom. The second kappa shape index (κ2) is 3.85. The van der Waals surface area contributed by atoms with E-state index in [4.69, 9.17) is 11.6 Å². The number of nitrogens with zero attached hydrogens (tertiary/aromatic N) is 1. The van der Waals surface area contributed by atoms with Crippen molar-refractivity contribution in [1.82, 2.24) is 9.55 Å². The Bertz CT molecular complexity index is 681. The van der Waals surface area contributed by atoms with Gasteiger partial charge in [0, 0.05) is 10.5 Å². The van der Waals surface area contributed by atoms with Crippen molar-refractivity contribution in [2.45, 2.75) is 31.4 Å². The van der Waals surface area contributed by atoms with Crippen LogP contribution in [0.25, 0.3) is 11.0 Å². The Morgan fingerprint density at radius 3 is 2.83 bits per heavy atom. The number of fused-ring (bicyclic) bond motifs is 1. The van der Waals surface area contributed by atoms with Gasteiger partial charge in [-0.05, 0) is 31.9 Å². The summed E-state index contributed by atoms with van der Waals surface area (Å²) >= 11 is 9.55. The molecule has 0 spiro atoms. The number of hydrogen-bond donors (Lipinski definition) is 2. The van der Waals surface area contributed by atoms with Gasteiger partial charge >= 0.3 is 5.69 Å². The minimum atomic E-state index is -0.671. The molecule has 0 amide bonds. The molecular weight excluding hydrogens is 320 g/mol. The van der Waals surface area contributed by atoms with Gasteiger partial charge in [-0.15, -0.1) is 0 Å². The molecule has 18 heavy (non-hydrogen) atoms. The Balaban J connectivity index is 2.18. The van der Waals surface area contributed by atoms with Crippen molar-refractivity contribution in [2.75, 3.05) is 0 Å². The number of aromatic amines is 1. The van der Waals surface area contributed by atoms with Gasteiger partial charge in [0.05, 0.1) is 21.7 Å². The van der Waals surface area contributed by atoms with Crippen LogP contribution in [0.5, 0.6) is 0 Å². The fourth-order valence-electron chi connectivity index (χ4n) is 2.67. The zero-order valence-corrected chi connectivity index (χ0v) is 12.0. The molecule has 2 aromatic rings. The molecule has 1 saturated carbocycles. The quantitative estimate of drug-likeness (QED) is 0.844. The number of benzene rings is 1. The number of halogens is 2. The number of hydrogen-bond acceptors (Lipinski definition) is 2. The van der Waals surface area contributed by atoms with Crippen LogP contribution in [0.2, 0.25) is 5.02 Å². The molecule has 0 aliphatic heterocycles. The molecule has 1 aromatic heterocycles. The fourth-order valence-corrected chi connectivity index (χ4v) is 3.57. The average molecular weight is 332 g/mol. The minimum absolute atomic E-state index is 0.0138. The van der Waals surface area contributed by atoms with Crippen molar-refractivity contribution >= 4 is 38.6 Å². The summed E-state index contributed by atoms with van der Waals surface area (Å²) in [6, 6.07) is 3.61. The minimum Gasteiger partial charge on any atom is -0.390 e. The van der Waals surface area contributed by atoms with Gasteiger partial charge in [-0.1, -0.05) is 27.5 Å². The first kappa shape index (κ1) is 12.3. The summed E-state index contributed by atoms with van der Waals surface area (Å²) in [5.74, 6) is 0. The highest BCUT2D eigenvalue weighted by Gasteiger charge is 2.41. The third-order valence-corrected chi connectivity index (χ3v) is 4.19. The Morgan fingerprint density at radius 1 is 1.56 bits per heavy atom. The number of imidazole rings is 1. The predicted octanol–water partition coefficient (Wildman–Crippen LogP) is 2.83.